The van der Waals surface area contributed by atoms with Crippen molar-refractivity contribution in [2.75, 3.05) is 7.11 Å². The summed E-state index contributed by atoms with van der Waals surface area (Å²) in [5.74, 6) is -1.73. The van der Waals surface area contributed by atoms with E-state index in [-0.39, 0.29) is 19.4 Å². The van der Waals surface area contributed by atoms with Gasteiger partial charge in [0.1, 0.15) is 6.04 Å². The van der Waals surface area contributed by atoms with Gasteiger partial charge >= 0.3 is 18.0 Å². The second-order valence-corrected chi connectivity index (χ2v) is 5.13. The fourth-order valence-electron chi connectivity index (χ4n) is 1.49. The van der Waals surface area contributed by atoms with Gasteiger partial charge < -0.3 is 20.5 Å². The number of carboxylic acids is 1. The van der Waals surface area contributed by atoms with Crippen molar-refractivity contribution in [3.05, 3.63) is 16.1 Å². The minimum Gasteiger partial charge on any atom is -0.480 e. The van der Waals surface area contributed by atoms with Crippen LogP contribution in [-0.2, 0) is 20.9 Å². The Morgan fingerprint density at radius 3 is 2.71 bits per heavy atom. The monoisotopic (exact) mass is 315 g/mol. The van der Waals surface area contributed by atoms with E-state index in [0.29, 0.717) is 0 Å². The first-order chi connectivity index (χ1) is 9.93. The van der Waals surface area contributed by atoms with E-state index in [1.54, 1.807) is 5.51 Å². The number of nitrogens with one attached hydrogen (secondary N) is 2. The predicted molar refractivity (Wildman–Crippen MR) is 74.9 cm³/mol. The molecule has 21 heavy (non-hydrogen) atoms. The number of hydrogen-bond acceptors (Lipinski definition) is 6. The highest BCUT2D eigenvalue weighted by molar-refractivity contribution is 7.09. The number of aryl methyl sites for hydroxylation is 1. The van der Waals surface area contributed by atoms with Crippen LogP contribution in [-0.4, -0.2) is 41.2 Å². The molecule has 0 fully saturated rings. The van der Waals surface area contributed by atoms with E-state index >= 15 is 0 Å². The second kappa shape index (κ2) is 8.20. The van der Waals surface area contributed by atoms with Crippen LogP contribution in [0.4, 0.5) is 4.79 Å². The first-order valence-electron chi connectivity index (χ1n) is 6.17. The van der Waals surface area contributed by atoms with Crippen LogP contribution in [0.15, 0.2) is 5.51 Å². The first kappa shape index (κ1) is 16.9. The van der Waals surface area contributed by atoms with Gasteiger partial charge in [0.25, 0.3) is 0 Å². The number of carbonyl (C=O) groups is 3. The second-order valence-electron chi connectivity index (χ2n) is 4.19. The van der Waals surface area contributed by atoms with Crippen molar-refractivity contribution in [3.8, 4) is 0 Å². The number of methoxy groups -OCH3 is 1. The van der Waals surface area contributed by atoms with Gasteiger partial charge in [-0.25, -0.2) is 14.6 Å². The van der Waals surface area contributed by atoms with Gasteiger partial charge in [-0.3, -0.25) is 4.79 Å². The van der Waals surface area contributed by atoms with E-state index in [4.69, 9.17) is 5.11 Å². The number of ether oxygens (including phenoxy) is 1. The summed E-state index contributed by atoms with van der Waals surface area (Å²) in [6.07, 6.45) is -0.114. The standard InChI is InChI=1S/C12H17N3O5S/c1-7-9(21-6-14-7)5-13-12(19)15-8(11(17)18)3-4-10(16)20-2/h6,8H,3-5H2,1-2H3,(H,17,18)(H2,13,15,19)/t8-/m1/s1. The summed E-state index contributed by atoms with van der Waals surface area (Å²) in [6, 6.07) is -1.76. The molecule has 8 nitrogen and oxygen atoms in total. The van der Waals surface area contributed by atoms with E-state index in [2.05, 4.69) is 20.4 Å². The number of carbonyl (C=O) groups excluding carboxylic acids is 2. The number of urea groups is 1. The summed E-state index contributed by atoms with van der Waals surface area (Å²) in [6.45, 7) is 2.09. The molecule has 2 amide bonds. The molecular formula is C12H17N3O5S. The highest BCUT2D eigenvalue weighted by Gasteiger charge is 2.21. The fourth-order valence-corrected chi connectivity index (χ4v) is 2.20. The Labute approximate surface area is 125 Å². The van der Waals surface area contributed by atoms with E-state index in [0.717, 1.165) is 10.6 Å². The average molecular weight is 315 g/mol. The van der Waals surface area contributed by atoms with E-state index in [9.17, 15) is 14.4 Å². The molecule has 1 atom stereocenters. The third-order valence-electron chi connectivity index (χ3n) is 2.72. The van der Waals surface area contributed by atoms with Crippen LogP contribution in [0.3, 0.4) is 0 Å². The Hall–Kier alpha value is -2.16. The average Bonchev–Trinajstić information content (AvgIpc) is 2.85. The summed E-state index contributed by atoms with van der Waals surface area (Å²) >= 11 is 1.40. The summed E-state index contributed by atoms with van der Waals surface area (Å²) in [7, 11) is 1.22. The zero-order chi connectivity index (χ0) is 15.8. The van der Waals surface area contributed by atoms with Crippen molar-refractivity contribution in [1.82, 2.24) is 15.6 Å². The molecular weight excluding hydrogens is 298 g/mol. The van der Waals surface area contributed by atoms with Gasteiger partial charge in [0.2, 0.25) is 0 Å². The maximum absolute atomic E-state index is 11.7. The Morgan fingerprint density at radius 2 is 2.19 bits per heavy atom. The lowest BCUT2D eigenvalue weighted by Crippen LogP contribution is -2.46. The molecule has 0 saturated heterocycles. The normalized spacial score (nSPS) is 11.5. The highest BCUT2D eigenvalue weighted by atomic mass is 32.1. The number of thiazole rings is 1. The van der Waals surface area contributed by atoms with Crippen molar-refractivity contribution in [3.63, 3.8) is 0 Å². The van der Waals surface area contributed by atoms with Gasteiger partial charge in [-0.15, -0.1) is 11.3 Å². The van der Waals surface area contributed by atoms with E-state index in [1.807, 2.05) is 6.92 Å². The molecule has 0 unspecified atom stereocenters. The molecule has 0 aliphatic rings. The molecule has 0 aromatic carbocycles. The molecule has 1 rings (SSSR count). The molecule has 0 saturated carbocycles. The lowest BCUT2D eigenvalue weighted by atomic mass is 10.1. The number of amides is 2. The molecule has 3 N–H and O–H groups in total. The number of rotatable bonds is 7. The van der Waals surface area contributed by atoms with Crippen molar-refractivity contribution in [1.29, 1.82) is 0 Å². The Balaban J connectivity index is 2.43. The minimum atomic E-state index is -1.21. The molecule has 116 valence electrons. The predicted octanol–water partition coefficient (Wildman–Crippen LogP) is 0.657. The van der Waals surface area contributed by atoms with Gasteiger partial charge in [0, 0.05) is 11.3 Å². The van der Waals surface area contributed by atoms with Gasteiger partial charge in [-0.1, -0.05) is 0 Å². The maximum atomic E-state index is 11.7. The summed E-state index contributed by atoms with van der Waals surface area (Å²) in [5.41, 5.74) is 2.49. The van der Waals surface area contributed by atoms with Crippen molar-refractivity contribution < 1.29 is 24.2 Å². The Morgan fingerprint density at radius 1 is 1.48 bits per heavy atom. The number of nitrogens with zero attached hydrogens (tertiary/aromatic N) is 1. The summed E-state index contributed by atoms with van der Waals surface area (Å²) in [5, 5.41) is 13.9. The molecule has 0 bridgehead atoms. The number of esters is 1. The maximum Gasteiger partial charge on any atom is 0.326 e. The van der Waals surface area contributed by atoms with Gasteiger partial charge in [-0.05, 0) is 13.3 Å². The molecule has 1 aromatic rings. The van der Waals surface area contributed by atoms with Gasteiger partial charge in [0.15, 0.2) is 0 Å². The molecule has 0 radical (unpaired) electrons. The molecule has 9 heteroatoms. The molecule has 1 heterocycles. The molecule has 0 aliphatic heterocycles. The lowest BCUT2D eigenvalue weighted by Gasteiger charge is -2.14. The third-order valence-corrected chi connectivity index (χ3v) is 3.66. The Bertz CT molecular complexity index is 517. The molecule has 1 aromatic heterocycles. The van der Waals surface area contributed by atoms with Gasteiger partial charge in [-0.2, -0.15) is 0 Å². The minimum absolute atomic E-state index is 0.0327. The lowest BCUT2D eigenvalue weighted by molar-refractivity contribution is -0.142. The Kier molecular flexibility index (Phi) is 6.60. The summed E-state index contributed by atoms with van der Waals surface area (Å²) in [4.78, 5) is 38.6. The highest BCUT2D eigenvalue weighted by Crippen LogP contribution is 2.11. The van der Waals surface area contributed by atoms with Crippen LogP contribution in [0.1, 0.15) is 23.4 Å². The fraction of sp³-hybridized carbons (Fsp3) is 0.500. The SMILES string of the molecule is COC(=O)CC[C@@H](NC(=O)NCc1scnc1C)C(=O)O. The van der Waals surface area contributed by atoms with Crippen LogP contribution in [0.5, 0.6) is 0 Å². The van der Waals surface area contributed by atoms with Crippen molar-refractivity contribution >= 4 is 29.3 Å². The van der Waals surface area contributed by atoms with Crippen molar-refractivity contribution in [2.45, 2.75) is 32.4 Å². The quantitative estimate of drug-likeness (QED) is 0.636. The zero-order valence-electron chi connectivity index (χ0n) is 11.7. The van der Waals surface area contributed by atoms with E-state index < -0.39 is 24.0 Å². The zero-order valence-corrected chi connectivity index (χ0v) is 12.5. The first-order valence-corrected chi connectivity index (χ1v) is 7.05. The van der Waals surface area contributed by atoms with E-state index in [1.165, 1.54) is 18.4 Å². The van der Waals surface area contributed by atoms with Crippen LogP contribution in [0, 0.1) is 6.92 Å². The summed E-state index contributed by atoms with van der Waals surface area (Å²) < 4.78 is 4.43. The number of aliphatic carboxylic acids is 1. The topological polar surface area (TPSA) is 118 Å². The number of aromatic nitrogens is 1. The number of hydrogen-bond donors (Lipinski definition) is 3. The largest absolute Gasteiger partial charge is 0.480 e. The molecule has 0 aliphatic carbocycles. The smallest absolute Gasteiger partial charge is 0.326 e. The van der Waals surface area contributed by atoms with Crippen LogP contribution >= 0.6 is 11.3 Å². The third kappa shape index (κ3) is 5.78. The molecule has 0 spiro atoms. The van der Waals surface area contributed by atoms with Crippen molar-refractivity contribution in [2.24, 2.45) is 0 Å². The number of carboxylic acid groups (broad SMARTS) is 1. The van der Waals surface area contributed by atoms with Crippen LogP contribution in [0.25, 0.3) is 0 Å². The van der Waals surface area contributed by atoms with Crippen LogP contribution in [0.2, 0.25) is 0 Å². The van der Waals surface area contributed by atoms with Gasteiger partial charge in [0.05, 0.1) is 24.9 Å². The van der Waals surface area contributed by atoms with Crippen LogP contribution < -0.4 is 10.6 Å².